The van der Waals surface area contributed by atoms with E-state index in [1.807, 2.05) is 18.7 Å². The molecule has 0 bridgehead atoms. The van der Waals surface area contributed by atoms with E-state index in [1.165, 1.54) is 7.11 Å². The van der Waals surface area contributed by atoms with Crippen LogP contribution in [0, 0.1) is 5.92 Å². The van der Waals surface area contributed by atoms with Gasteiger partial charge in [-0.25, -0.2) is 0 Å². The van der Waals surface area contributed by atoms with Crippen molar-refractivity contribution in [1.29, 1.82) is 0 Å². The normalized spacial score (nSPS) is 11.6. The number of ether oxygens (including phenoxy) is 1. The molecule has 0 aliphatic carbocycles. The molecule has 0 aromatic carbocycles. The maximum atomic E-state index is 11.3. The predicted molar refractivity (Wildman–Crippen MR) is 70.4 cm³/mol. The molecule has 0 spiro atoms. The molecule has 0 fully saturated rings. The summed E-state index contributed by atoms with van der Waals surface area (Å²) < 4.78 is 9.86. The molecule has 0 radical (unpaired) electrons. The Bertz CT molecular complexity index is 402. The fraction of sp³-hybridized carbons (Fsp3) is 0.769. The van der Waals surface area contributed by atoms with Gasteiger partial charge in [0.05, 0.1) is 20.2 Å². The number of esters is 1. The van der Waals surface area contributed by atoms with E-state index in [0.29, 0.717) is 24.2 Å². The Hall–Kier alpha value is -1.43. The van der Waals surface area contributed by atoms with Gasteiger partial charge in [-0.05, 0) is 19.8 Å². The van der Waals surface area contributed by atoms with Crippen LogP contribution in [0.25, 0.3) is 0 Å². The van der Waals surface area contributed by atoms with Crippen molar-refractivity contribution < 1.29 is 14.1 Å². The highest BCUT2D eigenvalue weighted by atomic mass is 16.5. The SMILES string of the molecule is COC(=O)CN(Cc1noc(CC(C)C)n1)C(C)C. The quantitative estimate of drug-likeness (QED) is 0.701. The molecule has 0 amide bonds. The van der Waals surface area contributed by atoms with Crippen LogP contribution in [0.3, 0.4) is 0 Å². The highest BCUT2D eigenvalue weighted by Crippen LogP contribution is 2.09. The second kappa shape index (κ2) is 7.23. The molecular weight excluding hydrogens is 246 g/mol. The first kappa shape index (κ1) is 15.6. The minimum atomic E-state index is -0.264. The lowest BCUT2D eigenvalue weighted by atomic mass is 10.1. The summed E-state index contributed by atoms with van der Waals surface area (Å²) in [5.41, 5.74) is 0. The lowest BCUT2D eigenvalue weighted by Crippen LogP contribution is -2.36. The molecule has 0 aliphatic heterocycles. The molecular formula is C13H23N3O3. The third kappa shape index (κ3) is 5.38. The predicted octanol–water partition coefficient (Wildman–Crippen LogP) is 1.65. The van der Waals surface area contributed by atoms with Crippen LogP contribution in [-0.4, -0.2) is 40.7 Å². The van der Waals surface area contributed by atoms with E-state index in [1.54, 1.807) is 0 Å². The minimum Gasteiger partial charge on any atom is -0.468 e. The standard InChI is InChI=1S/C13H23N3O3/c1-9(2)6-12-14-11(15-19-12)7-16(10(3)4)8-13(17)18-5/h9-10H,6-8H2,1-5H3. The number of aromatic nitrogens is 2. The van der Waals surface area contributed by atoms with E-state index in [9.17, 15) is 4.79 Å². The molecule has 0 atom stereocenters. The zero-order valence-electron chi connectivity index (χ0n) is 12.3. The van der Waals surface area contributed by atoms with Crippen LogP contribution in [0.1, 0.15) is 39.4 Å². The Morgan fingerprint density at radius 2 is 2.05 bits per heavy atom. The number of hydrogen-bond donors (Lipinski definition) is 0. The lowest BCUT2D eigenvalue weighted by Gasteiger charge is -2.23. The van der Waals surface area contributed by atoms with Gasteiger partial charge in [0, 0.05) is 12.5 Å². The summed E-state index contributed by atoms with van der Waals surface area (Å²) in [7, 11) is 1.38. The molecule has 108 valence electrons. The van der Waals surface area contributed by atoms with E-state index in [4.69, 9.17) is 4.52 Å². The third-order valence-corrected chi connectivity index (χ3v) is 2.73. The Morgan fingerprint density at radius 1 is 1.37 bits per heavy atom. The van der Waals surface area contributed by atoms with Crippen LogP contribution in [0.5, 0.6) is 0 Å². The molecule has 1 aromatic rings. The van der Waals surface area contributed by atoms with Crippen LogP contribution in [0.2, 0.25) is 0 Å². The number of carbonyl (C=O) groups is 1. The highest BCUT2D eigenvalue weighted by molar-refractivity contribution is 5.71. The fourth-order valence-electron chi connectivity index (χ4n) is 1.62. The first-order valence-corrected chi connectivity index (χ1v) is 6.54. The van der Waals surface area contributed by atoms with Gasteiger partial charge in [-0.3, -0.25) is 9.69 Å². The van der Waals surface area contributed by atoms with Gasteiger partial charge in [-0.1, -0.05) is 19.0 Å². The highest BCUT2D eigenvalue weighted by Gasteiger charge is 2.18. The summed E-state index contributed by atoms with van der Waals surface area (Å²) in [5, 5.41) is 3.94. The van der Waals surface area contributed by atoms with Gasteiger partial charge in [0.2, 0.25) is 5.89 Å². The van der Waals surface area contributed by atoms with E-state index in [2.05, 4.69) is 28.7 Å². The summed E-state index contributed by atoms with van der Waals surface area (Å²) in [5.74, 6) is 1.46. The molecule has 0 saturated heterocycles. The Labute approximate surface area is 114 Å². The van der Waals surface area contributed by atoms with Crippen LogP contribution in [0.15, 0.2) is 4.52 Å². The van der Waals surface area contributed by atoms with Crippen molar-refractivity contribution in [3.8, 4) is 0 Å². The number of rotatable bonds is 7. The average molecular weight is 269 g/mol. The topological polar surface area (TPSA) is 68.5 Å². The first-order chi connectivity index (χ1) is 8.92. The van der Waals surface area contributed by atoms with E-state index in [0.717, 1.165) is 6.42 Å². The number of methoxy groups -OCH3 is 1. The summed E-state index contributed by atoms with van der Waals surface area (Å²) in [6.07, 6.45) is 0.770. The molecule has 6 nitrogen and oxygen atoms in total. The molecule has 19 heavy (non-hydrogen) atoms. The largest absolute Gasteiger partial charge is 0.468 e. The maximum absolute atomic E-state index is 11.3. The maximum Gasteiger partial charge on any atom is 0.319 e. The summed E-state index contributed by atoms with van der Waals surface area (Å²) >= 11 is 0. The van der Waals surface area contributed by atoms with Gasteiger partial charge in [-0.2, -0.15) is 4.98 Å². The van der Waals surface area contributed by atoms with Gasteiger partial charge in [0.15, 0.2) is 5.82 Å². The van der Waals surface area contributed by atoms with Gasteiger partial charge < -0.3 is 9.26 Å². The monoisotopic (exact) mass is 269 g/mol. The Balaban J connectivity index is 2.63. The fourth-order valence-corrected chi connectivity index (χ4v) is 1.62. The molecule has 0 aliphatic rings. The number of nitrogens with zero attached hydrogens (tertiary/aromatic N) is 3. The van der Waals surface area contributed by atoms with Crippen LogP contribution in [0.4, 0.5) is 0 Å². The Kier molecular flexibility index (Phi) is 5.95. The molecule has 0 saturated carbocycles. The van der Waals surface area contributed by atoms with Crippen molar-refractivity contribution in [3.63, 3.8) is 0 Å². The second-order valence-corrected chi connectivity index (χ2v) is 5.28. The Morgan fingerprint density at radius 3 is 2.58 bits per heavy atom. The van der Waals surface area contributed by atoms with Crippen LogP contribution < -0.4 is 0 Å². The van der Waals surface area contributed by atoms with E-state index >= 15 is 0 Å². The smallest absolute Gasteiger partial charge is 0.319 e. The van der Waals surface area contributed by atoms with Crippen LogP contribution in [-0.2, 0) is 22.5 Å². The van der Waals surface area contributed by atoms with Crippen molar-refractivity contribution in [2.45, 2.75) is 46.7 Å². The van der Waals surface area contributed by atoms with Gasteiger partial charge in [0.25, 0.3) is 0 Å². The first-order valence-electron chi connectivity index (χ1n) is 6.54. The van der Waals surface area contributed by atoms with Crippen molar-refractivity contribution in [1.82, 2.24) is 15.0 Å². The molecule has 1 rings (SSSR count). The van der Waals surface area contributed by atoms with Gasteiger partial charge >= 0.3 is 5.97 Å². The zero-order valence-corrected chi connectivity index (χ0v) is 12.3. The lowest BCUT2D eigenvalue weighted by molar-refractivity contribution is -0.142. The van der Waals surface area contributed by atoms with Crippen molar-refractivity contribution in [2.75, 3.05) is 13.7 Å². The van der Waals surface area contributed by atoms with Crippen molar-refractivity contribution >= 4 is 5.97 Å². The number of carbonyl (C=O) groups excluding carboxylic acids is 1. The molecule has 0 N–H and O–H groups in total. The molecule has 1 heterocycles. The third-order valence-electron chi connectivity index (χ3n) is 2.73. The summed E-state index contributed by atoms with van der Waals surface area (Å²) in [6.45, 7) is 8.93. The van der Waals surface area contributed by atoms with E-state index in [-0.39, 0.29) is 18.6 Å². The van der Waals surface area contributed by atoms with Gasteiger partial charge in [-0.15, -0.1) is 0 Å². The summed E-state index contributed by atoms with van der Waals surface area (Å²) in [4.78, 5) is 17.6. The van der Waals surface area contributed by atoms with Crippen molar-refractivity contribution in [2.24, 2.45) is 5.92 Å². The van der Waals surface area contributed by atoms with Crippen molar-refractivity contribution in [3.05, 3.63) is 11.7 Å². The summed E-state index contributed by atoms with van der Waals surface area (Å²) in [6, 6.07) is 0.200. The second-order valence-electron chi connectivity index (χ2n) is 5.28. The molecule has 6 heteroatoms. The van der Waals surface area contributed by atoms with Crippen LogP contribution >= 0.6 is 0 Å². The number of hydrogen-bond acceptors (Lipinski definition) is 6. The molecule has 0 unspecified atom stereocenters. The van der Waals surface area contributed by atoms with Gasteiger partial charge in [0.1, 0.15) is 0 Å². The average Bonchev–Trinajstić information content (AvgIpc) is 2.74. The zero-order chi connectivity index (χ0) is 14.4. The molecule has 1 aromatic heterocycles. The van der Waals surface area contributed by atoms with E-state index < -0.39 is 0 Å². The minimum absolute atomic E-state index is 0.200.